The number of carbonyl (C=O) groups excluding carboxylic acids is 1. The standard InChI is InChI=1S/C11H23NO2/c1-8(2)5-6-12-11(14)10(13)7-9(3)4/h8-10,13H,5-7H2,1-4H3,(H,12,14)/t10-/m0/s1. The molecule has 1 atom stereocenters. The van der Waals surface area contributed by atoms with E-state index >= 15 is 0 Å². The maximum atomic E-state index is 11.3. The van der Waals surface area contributed by atoms with Crippen LogP contribution in [0.5, 0.6) is 0 Å². The quantitative estimate of drug-likeness (QED) is 0.685. The van der Waals surface area contributed by atoms with E-state index in [0.29, 0.717) is 24.8 Å². The SMILES string of the molecule is CC(C)CCNC(=O)[C@@H](O)CC(C)C. The lowest BCUT2D eigenvalue weighted by Gasteiger charge is -2.13. The van der Waals surface area contributed by atoms with Crippen molar-refractivity contribution in [2.45, 2.75) is 46.6 Å². The van der Waals surface area contributed by atoms with Crippen molar-refractivity contribution in [3.05, 3.63) is 0 Å². The van der Waals surface area contributed by atoms with Crippen LogP contribution in [0.15, 0.2) is 0 Å². The van der Waals surface area contributed by atoms with Crippen molar-refractivity contribution in [1.82, 2.24) is 5.32 Å². The van der Waals surface area contributed by atoms with E-state index in [2.05, 4.69) is 19.2 Å². The Morgan fingerprint density at radius 1 is 1.21 bits per heavy atom. The first-order valence-electron chi connectivity index (χ1n) is 5.39. The molecule has 0 fully saturated rings. The number of hydrogen-bond donors (Lipinski definition) is 2. The van der Waals surface area contributed by atoms with Crippen LogP contribution in [0.3, 0.4) is 0 Å². The Morgan fingerprint density at radius 3 is 2.21 bits per heavy atom. The fourth-order valence-electron chi connectivity index (χ4n) is 1.16. The van der Waals surface area contributed by atoms with Gasteiger partial charge in [0.1, 0.15) is 6.10 Å². The molecular formula is C11H23NO2. The smallest absolute Gasteiger partial charge is 0.248 e. The van der Waals surface area contributed by atoms with Gasteiger partial charge in [-0.25, -0.2) is 0 Å². The molecule has 0 rings (SSSR count). The number of carbonyl (C=O) groups is 1. The highest BCUT2D eigenvalue weighted by atomic mass is 16.3. The molecule has 0 aliphatic carbocycles. The number of amides is 1. The van der Waals surface area contributed by atoms with Crippen LogP contribution in [0.4, 0.5) is 0 Å². The molecule has 1 amide bonds. The van der Waals surface area contributed by atoms with E-state index in [9.17, 15) is 9.90 Å². The Morgan fingerprint density at radius 2 is 1.79 bits per heavy atom. The molecule has 0 radical (unpaired) electrons. The fraction of sp³-hybridized carbons (Fsp3) is 0.909. The highest BCUT2D eigenvalue weighted by Crippen LogP contribution is 2.04. The van der Waals surface area contributed by atoms with Crippen LogP contribution >= 0.6 is 0 Å². The molecule has 0 heterocycles. The average Bonchev–Trinajstić information content (AvgIpc) is 2.01. The topological polar surface area (TPSA) is 49.3 Å². The van der Waals surface area contributed by atoms with Gasteiger partial charge in [0.15, 0.2) is 0 Å². The van der Waals surface area contributed by atoms with E-state index in [4.69, 9.17) is 0 Å². The van der Waals surface area contributed by atoms with Crippen molar-refractivity contribution in [1.29, 1.82) is 0 Å². The lowest BCUT2D eigenvalue weighted by Crippen LogP contribution is -2.36. The van der Waals surface area contributed by atoms with Crippen LogP contribution in [0, 0.1) is 11.8 Å². The minimum atomic E-state index is -0.845. The van der Waals surface area contributed by atoms with Gasteiger partial charge in [-0.3, -0.25) is 4.79 Å². The van der Waals surface area contributed by atoms with Gasteiger partial charge in [-0.15, -0.1) is 0 Å². The monoisotopic (exact) mass is 201 g/mol. The third-order valence-electron chi connectivity index (χ3n) is 2.02. The Balaban J connectivity index is 3.62. The Kier molecular flexibility index (Phi) is 6.54. The van der Waals surface area contributed by atoms with Gasteiger partial charge in [0.05, 0.1) is 0 Å². The van der Waals surface area contributed by atoms with Crippen molar-refractivity contribution in [3.63, 3.8) is 0 Å². The van der Waals surface area contributed by atoms with Gasteiger partial charge >= 0.3 is 0 Å². The van der Waals surface area contributed by atoms with Crippen LogP contribution < -0.4 is 5.32 Å². The van der Waals surface area contributed by atoms with Crippen molar-refractivity contribution < 1.29 is 9.90 Å². The second-order valence-corrected chi connectivity index (χ2v) is 4.62. The Labute approximate surface area is 86.9 Å². The van der Waals surface area contributed by atoms with E-state index in [1.807, 2.05) is 13.8 Å². The highest BCUT2D eigenvalue weighted by Gasteiger charge is 2.15. The number of rotatable bonds is 6. The minimum absolute atomic E-state index is 0.237. The molecule has 0 aliphatic heterocycles. The number of aliphatic hydroxyl groups excluding tert-OH is 1. The average molecular weight is 201 g/mol. The number of hydrogen-bond acceptors (Lipinski definition) is 2. The predicted molar refractivity (Wildman–Crippen MR) is 57.9 cm³/mol. The number of aliphatic hydroxyl groups is 1. The number of nitrogens with one attached hydrogen (secondary N) is 1. The van der Waals surface area contributed by atoms with E-state index < -0.39 is 6.10 Å². The molecule has 0 saturated carbocycles. The van der Waals surface area contributed by atoms with E-state index in [0.717, 1.165) is 6.42 Å². The summed E-state index contributed by atoms with van der Waals surface area (Å²) in [6.45, 7) is 8.86. The maximum Gasteiger partial charge on any atom is 0.248 e. The normalized spacial score (nSPS) is 13.4. The zero-order valence-electron chi connectivity index (χ0n) is 9.71. The molecule has 84 valence electrons. The van der Waals surface area contributed by atoms with Crippen LogP contribution in [-0.4, -0.2) is 23.7 Å². The zero-order chi connectivity index (χ0) is 11.1. The summed E-state index contributed by atoms with van der Waals surface area (Å²) in [6.07, 6.45) is 0.648. The highest BCUT2D eigenvalue weighted by molar-refractivity contribution is 5.80. The summed E-state index contributed by atoms with van der Waals surface area (Å²) in [5.41, 5.74) is 0. The van der Waals surface area contributed by atoms with Gasteiger partial charge in [0, 0.05) is 6.54 Å². The van der Waals surface area contributed by atoms with Gasteiger partial charge in [-0.2, -0.15) is 0 Å². The molecule has 0 unspecified atom stereocenters. The summed E-state index contributed by atoms with van der Waals surface area (Å²) in [4.78, 5) is 11.3. The third-order valence-corrected chi connectivity index (χ3v) is 2.02. The van der Waals surface area contributed by atoms with Gasteiger partial charge in [0.2, 0.25) is 5.91 Å². The molecule has 0 aromatic rings. The van der Waals surface area contributed by atoms with Crippen molar-refractivity contribution in [3.8, 4) is 0 Å². The summed E-state index contributed by atoms with van der Waals surface area (Å²) in [5, 5.41) is 12.2. The Bertz CT molecular complexity index is 167. The molecule has 0 spiro atoms. The molecule has 2 N–H and O–H groups in total. The van der Waals surface area contributed by atoms with Gasteiger partial charge in [-0.05, 0) is 24.7 Å². The van der Waals surface area contributed by atoms with Crippen LogP contribution in [0.25, 0.3) is 0 Å². The predicted octanol–water partition coefficient (Wildman–Crippen LogP) is 1.56. The second-order valence-electron chi connectivity index (χ2n) is 4.62. The van der Waals surface area contributed by atoms with Gasteiger partial charge in [0.25, 0.3) is 0 Å². The second kappa shape index (κ2) is 6.82. The summed E-state index contributed by atoms with van der Waals surface area (Å²) in [5.74, 6) is 0.692. The Hall–Kier alpha value is -0.570. The molecule has 0 bridgehead atoms. The van der Waals surface area contributed by atoms with E-state index in [1.165, 1.54) is 0 Å². The molecule has 0 saturated heterocycles. The molecule has 14 heavy (non-hydrogen) atoms. The maximum absolute atomic E-state index is 11.3. The molecule has 0 aliphatic rings. The van der Waals surface area contributed by atoms with Gasteiger partial charge in [-0.1, -0.05) is 27.7 Å². The third kappa shape index (κ3) is 6.89. The largest absolute Gasteiger partial charge is 0.383 e. The summed E-state index contributed by atoms with van der Waals surface area (Å²) in [7, 11) is 0. The van der Waals surface area contributed by atoms with Crippen molar-refractivity contribution in [2.24, 2.45) is 11.8 Å². The minimum Gasteiger partial charge on any atom is -0.383 e. The van der Waals surface area contributed by atoms with Crippen LogP contribution in [-0.2, 0) is 4.79 Å². The van der Waals surface area contributed by atoms with Crippen molar-refractivity contribution in [2.75, 3.05) is 6.54 Å². The molecule has 0 aromatic heterocycles. The lowest BCUT2D eigenvalue weighted by molar-refractivity contribution is -0.130. The first kappa shape index (κ1) is 13.4. The van der Waals surface area contributed by atoms with Crippen molar-refractivity contribution >= 4 is 5.91 Å². The van der Waals surface area contributed by atoms with Crippen LogP contribution in [0.1, 0.15) is 40.5 Å². The van der Waals surface area contributed by atoms with E-state index in [-0.39, 0.29) is 5.91 Å². The molecule has 0 aromatic carbocycles. The van der Waals surface area contributed by atoms with E-state index in [1.54, 1.807) is 0 Å². The molecule has 3 nitrogen and oxygen atoms in total. The first-order valence-corrected chi connectivity index (χ1v) is 5.39. The fourth-order valence-corrected chi connectivity index (χ4v) is 1.16. The summed E-state index contributed by atoms with van der Waals surface area (Å²) in [6, 6.07) is 0. The molecular weight excluding hydrogens is 178 g/mol. The van der Waals surface area contributed by atoms with Gasteiger partial charge < -0.3 is 10.4 Å². The molecule has 3 heteroatoms. The summed E-state index contributed by atoms with van der Waals surface area (Å²) < 4.78 is 0. The van der Waals surface area contributed by atoms with Crippen LogP contribution in [0.2, 0.25) is 0 Å². The lowest BCUT2D eigenvalue weighted by atomic mass is 10.1. The summed E-state index contributed by atoms with van der Waals surface area (Å²) >= 11 is 0. The zero-order valence-corrected chi connectivity index (χ0v) is 9.71. The first-order chi connectivity index (χ1) is 6.43.